The van der Waals surface area contributed by atoms with Gasteiger partial charge in [0, 0.05) is 27.3 Å². The largest absolute Gasteiger partial charge is 0.378 e. The van der Waals surface area contributed by atoms with E-state index in [4.69, 9.17) is 4.74 Å². The van der Waals surface area contributed by atoms with Crippen molar-refractivity contribution in [3.8, 4) is 0 Å². The lowest BCUT2D eigenvalue weighted by molar-refractivity contribution is -0.129. The van der Waals surface area contributed by atoms with E-state index >= 15 is 0 Å². The third-order valence-electron chi connectivity index (χ3n) is 2.77. The SMILES string of the molecule is COCc1cc(N[C@@H](C)C(=O)N(C)C)n2ncnc2n1. The fourth-order valence-electron chi connectivity index (χ4n) is 1.86. The first-order chi connectivity index (χ1) is 9.52. The highest BCUT2D eigenvalue weighted by Gasteiger charge is 2.17. The smallest absolute Gasteiger partial charge is 0.254 e. The molecule has 2 aromatic heterocycles. The summed E-state index contributed by atoms with van der Waals surface area (Å²) in [5.74, 6) is 1.09. The average molecular weight is 278 g/mol. The van der Waals surface area contributed by atoms with Gasteiger partial charge >= 0.3 is 0 Å². The predicted octanol–water partition coefficient (Wildman–Crippen LogP) is 0.159. The fourth-order valence-corrected chi connectivity index (χ4v) is 1.86. The molecule has 8 heteroatoms. The van der Waals surface area contributed by atoms with E-state index in [1.165, 1.54) is 11.2 Å². The van der Waals surface area contributed by atoms with Gasteiger partial charge in [0.2, 0.25) is 5.91 Å². The molecule has 8 nitrogen and oxygen atoms in total. The number of anilines is 1. The minimum absolute atomic E-state index is 0.0247. The monoisotopic (exact) mass is 278 g/mol. The van der Waals surface area contributed by atoms with Gasteiger partial charge in [0.1, 0.15) is 18.2 Å². The molecule has 0 fully saturated rings. The summed E-state index contributed by atoms with van der Waals surface area (Å²) in [6.07, 6.45) is 1.42. The minimum atomic E-state index is -0.379. The molecule has 1 atom stereocenters. The highest BCUT2D eigenvalue weighted by molar-refractivity contribution is 5.83. The maximum absolute atomic E-state index is 11.9. The van der Waals surface area contributed by atoms with Crippen molar-refractivity contribution >= 4 is 17.5 Å². The van der Waals surface area contributed by atoms with E-state index in [1.807, 2.05) is 0 Å². The van der Waals surface area contributed by atoms with Gasteiger partial charge in [-0.2, -0.15) is 14.6 Å². The van der Waals surface area contributed by atoms with Crippen LogP contribution in [-0.4, -0.2) is 57.6 Å². The molecule has 0 saturated heterocycles. The van der Waals surface area contributed by atoms with E-state index in [-0.39, 0.29) is 11.9 Å². The fraction of sp³-hybridized carbons (Fsp3) is 0.500. The Kier molecular flexibility index (Phi) is 4.14. The van der Waals surface area contributed by atoms with Gasteiger partial charge in [0.15, 0.2) is 0 Å². The molecule has 108 valence electrons. The number of fused-ring (bicyclic) bond motifs is 1. The number of carbonyl (C=O) groups excluding carboxylic acids is 1. The average Bonchev–Trinajstić information content (AvgIpc) is 2.86. The molecule has 0 radical (unpaired) electrons. The quantitative estimate of drug-likeness (QED) is 0.838. The zero-order chi connectivity index (χ0) is 14.7. The standard InChI is InChI=1S/C12H18N6O2/c1-8(11(19)17(2)3)15-10-5-9(6-20-4)16-12-13-7-14-18(10)12/h5,7-8,15H,6H2,1-4H3/t8-/m0/s1. The van der Waals surface area contributed by atoms with Crippen LogP contribution >= 0.6 is 0 Å². The number of nitrogens with one attached hydrogen (secondary N) is 1. The molecule has 0 bridgehead atoms. The van der Waals surface area contributed by atoms with Crippen LogP contribution in [0.1, 0.15) is 12.6 Å². The van der Waals surface area contributed by atoms with E-state index in [0.29, 0.717) is 18.2 Å². The van der Waals surface area contributed by atoms with E-state index in [9.17, 15) is 4.79 Å². The lowest BCUT2D eigenvalue weighted by atomic mass is 10.3. The molecule has 1 N–H and O–H groups in total. The summed E-state index contributed by atoms with van der Waals surface area (Å²) in [7, 11) is 5.03. The Labute approximate surface area is 116 Å². The summed E-state index contributed by atoms with van der Waals surface area (Å²) in [4.78, 5) is 21.8. The molecule has 0 aliphatic rings. The molecule has 20 heavy (non-hydrogen) atoms. The number of nitrogens with zero attached hydrogens (tertiary/aromatic N) is 5. The highest BCUT2D eigenvalue weighted by atomic mass is 16.5. The molecule has 0 spiro atoms. The van der Waals surface area contributed by atoms with E-state index < -0.39 is 0 Å². The van der Waals surface area contributed by atoms with Gasteiger partial charge in [-0.15, -0.1) is 0 Å². The molecule has 2 heterocycles. The normalized spacial score (nSPS) is 12.4. The molecule has 0 aromatic carbocycles. The third-order valence-corrected chi connectivity index (χ3v) is 2.77. The van der Waals surface area contributed by atoms with Gasteiger partial charge in [0.25, 0.3) is 5.78 Å². The van der Waals surface area contributed by atoms with Gasteiger partial charge in [0.05, 0.1) is 12.3 Å². The van der Waals surface area contributed by atoms with Crippen LogP contribution in [0.15, 0.2) is 12.4 Å². The summed E-state index contributed by atoms with van der Waals surface area (Å²) in [5, 5.41) is 7.22. The molecule has 0 saturated carbocycles. The second kappa shape index (κ2) is 5.83. The zero-order valence-corrected chi connectivity index (χ0v) is 12.0. The first-order valence-electron chi connectivity index (χ1n) is 6.19. The Morgan fingerprint density at radius 2 is 2.30 bits per heavy atom. The number of amides is 1. The minimum Gasteiger partial charge on any atom is -0.378 e. The Morgan fingerprint density at radius 3 is 2.95 bits per heavy atom. The first kappa shape index (κ1) is 14.2. The van der Waals surface area contributed by atoms with Gasteiger partial charge in [-0.3, -0.25) is 4.79 Å². The van der Waals surface area contributed by atoms with Gasteiger partial charge in [-0.05, 0) is 6.92 Å². The summed E-state index contributed by atoms with van der Waals surface area (Å²) in [5.41, 5.74) is 0.722. The van der Waals surface area contributed by atoms with Crippen LogP contribution in [-0.2, 0) is 16.1 Å². The van der Waals surface area contributed by atoms with Gasteiger partial charge in [-0.25, -0.2) is 4.98 Å². The highest BCUT2D eigenvalue weighted by Crippen LogP contribution is 2.13. The second-order valence-corrected chi connectivity index (χ2v) is 4.64. The van der Waals surface area contributed by atoms with Crippen LogP contribution in [0.2, 0.25) is 0 Å². The van der Waals surface area contributed by atoms with Crippen LogP contribution in [0.4, 0.5) is 5.82 Å². The van der Waals surface area contributed by atoms with E-state index in [0.717, 1.165) is 5.69 Å². The molecule has 0 unspecified atom stereocenters. The Hall–Kier alpha value is -2.22. The summed E-state index contributed by atoms with van der Waals surface area (Å²) in [6, 6.07) is 1.42. The summed E-state index contributed by atoms with van der Waals surface area (Å²) >= 11 is 0. The third kappa shape index (κ3) is 2.85. The van der Waals surface area contributed by atoms with E-state index in [2.05, 4.69) is 20.4 Å². The van der Waals surface area contributed by atoms with Crippen molar-refractivity contribution in [2.75, 3.05) is 26.5 Å². The van der Waals surface area contributed by atoms with Crippen molar-refractivity contribution in [3.05, 3.63) is 18.1 Å². The van der Waals surface area contributed by atoms with Crippen LogP contribution in [0, 0.1) is 0 Å². The van der Waals surface area contributed by atoms with Crippen LogP contribution in [0.3, 0.4) is 0 Å². The van der Waals surface area contributed by atoms with Crippen molar-refractivity contribution in [1.82, 2.24) is 24.5 Å². The van der Waals surface area contributed by atoms with Gasteiger partial charge in [-0.1, -0.05) is 0 Å². The number of hydrogen-bond acceptors (Lipinski definition) is 6. The molecule has 0 aliphatic heterocycles. The van der Waals surface area contributed by atoms with Gasteiger partial charge < -0.3 is 15.0 Å². The van der Waals surface area contributed by atoms with Crippen molar-refractivity contribution in [2.24, 2.45) is 0 Å². The van der Waals surface area contributed by atoms with Crippen molar-refractivity contribution in [3.63, 3.8) is 0 Å². The molecule has 2 aromatic rings. The second-order valence-electron chi connectivity index (χ2n) is 4.64. The molecule has 1 amide bonds. The van der Waals surface area contributed by atoms with Crippen LogP contribution < -0.4 is 5.32 Å². The topological polar surface area (TPSA) is 84.7 Å². The summed E-state index contributed by atoms with van der Waals surface area (Å²) in [6.45, 7) is 2.16. The first-order valence-corrected chi connectivity index (χ1v) is 6.19. The molecule has 2 rings (SSSR count). The molecular formula is C12H18N6O2. The molecular weight excluding hydrogens is 260 g/mol. The van der Waals surface area contributed by atoms with Crippen molar-refractivity contribution < 1.29 is 9.53 Å². The van der Waals surface area contributed by atoms with Crippen LogP contribution in [0.5, 0.6) is 0 Å². The molecule has 0 aliphatic carbocycles. The number of carbonyl (C=O) groups is 1. The Balaban J connectivity index is 2.32. The zero-order valence-electron chi connectivity index (χ0n) is 12.0. The lowest BCUT2D eigenvalue weighted by Crippen LogP contribution is -2.37. The Morgan fingerprint density at radius 1 is 1.55 bits per heavy atom. The van der Waals surface area contributed by atoms with E-state index in [1.54, 1.807) is 38.7 Å². The number of ether oxygens (including phenoxy) is 1. The number of aromatic nitrogens is 4. The maximum Gasteiger partial charge on any atom is 0.254 e. The predicted molar refractivity (Wildman–Crippen MR) is 73.3 cm³/mol. The lowest BCUT2D eigenvalue weighted by Gasteiger charge is -2.19. The number of methoxy groups -OCH3 is 1. The van der Waals surface area contributed by atoms with Crippen molar-refractivity contribution in [1.29, 1.82) is 0 Å². The van der Waals surface area contributed by atoms with Crippen molar-refractivity contribution in [2.45, 2.75) is 19.6 Å². The summed E-state index contributed by atoms with van der Waals surface area (Å²) < 4.78 is 6.63. The van der Waals surface area contributed by atoms with Crippen LogP contribution in [0.25, 0.3) is 5.78 Å². The number of rotatable bonds is 5. The number of hydrogen-bond donors (Lipinski definition) is 1. The number of likely N-dealkylation sites (N-methyl/N-ethyl adjacent to an activating group) is 1. The Bertz CT molecular complexity index is 609. The maximum atomic E-state index is 11.9.